The van der Waals surface area contributed by atoms with Gasteiger partial charge in [-0.15, -0.1) is 0 Å². The third-order valence-electron chi connectivity index (χ3n) is 4.60. The van der Waals surface area contributed by atoms with Gasteiger partial charge in [0.1, 0.15) is 0 Å². The van der Waals surface area contributed by atoms with Gasteiger partial charge in [-0.05, 0) is 18.1 Å². The first-order valence-electron chi connectivity index (χ1n) is 9.04. The van der Waals surface area contributed by atoms with Gasteiger partial charge < -0.3 is 9.64 Å². The molecule has 142 valence electrons. The Kier molecular flexibility index (Phi) is 6.38. The highest BCUT2D eigenvalue weighted by Gasteiger charge is 2.21. The average Bonchev–Trinajstić information content (AvgIpc) is 2.93. The Hall–Kier alpha value is -2.93. The summed E-state index contributed by atoms with van der Waals surface area (Å²) in [6.45, 7) is 3.71. The third kappa shape index (κ3) is 5.27. The molecule has 0 unspecified atom stereocenters. The van der Waals surface area contributed by atoms with Crippen molar-refractivity contribution in [3.8, 4) is 5.75 Å². The van der Waals surface area contributed by atoms with Crippen LogP contribution >= 0.6 is 0 Å². The number of nitro benzene ring substituents is 1. The first-order valence-corrected chi connectivity index (χ1v) is 9.04. The largest absolute Gasteiger partial charge is 0.477 e. The molecule has 1 saturated heterocycles. The van der Waals surface area contributed by atoms with Crippen LogP contribution in [0.1, 0.15) is 12.0 Å². The molecule has 1 aliphatic heterocycles. The van der Waals surface area contributed by atoms with E-state index in [4.69, 9.17) is 4.74 Å². The van der Waals surface area contributed by atoms with Crippen LogP contribution in [-0.4, -0.2) is 53.4 Å². The van der Waals surface area contributed by atoms with Crippen molar-refractivity contribution in [3.63, 3.8) is 0 Å². The van der Waals surface area contributed by atoms with E-state index in [1.54, 1.807) is 17.0 Å². The van der Waals surface area contributed by atoms with Crippen molar-refractivity contribution < 1.29 is 14.5 Å². The SMILES string of the molecule is O=C(COc1ccccc1[N+](=O)[O-])N1CCCN(Cc2ccccc2)CC1. The van der Waals surface area contributed by atoms with Gasteiger partial charge in [0.25, 0.3) is 5.91 Å². The Bertz CT molecular complexity index is 782. The van der Waals surface area contributed by atoms with E-state index in [0.29, 0.717) is 13.1 Å². The fraction of sp³-hybridized carbons (Fsp3) is 0.350. The maximum absolute atomic E-state index is 12.5. The topological polar surface area (TPSA) is 75.9 Å². The Balaban J connectivity index is 1.52. The van der Waals surface area contributed by atoms with Crippen LogP contribution in [0.5, 0.6) is 5.75 Å². The van der Waals surface area contributed by atoms with Crippen molar-refractivity contribution in [2.45, 2.75) is 13.0 Å². The Morgan fingerprint density at radius 1 is 1.00 bits per heavy atom. The average molecular weight is 369 g/mol. The molecule has 27 heavy (non-hydrogen) atoms. The number of hydrogen-bond donors (Lipinski definition) is 0. The molecule has 1 amide bonds. The zero-order chi connectivity index (χ0) is 19.1. The highest BCUT2D eigenvalue weighted by molar-refractivity contribution is 5.78. The minimum atomic E-state index is -0.507. The molecule has 0 aromatic heterocycles. The molecule has 1 fully saturated rings. The number of nitro groups is 1. The van der Waals surface area contributed by atoms with E-state index in [9.17, 15) is 14.9 Å². The highest BCUT2D eigenvalue weighted by atomic mass is 16.6. The lowest BCUT2D eigenvalue weighted by Gasteiger charge is -2.22. The van der Waals surface area contributed by atoms with Gasteiger partial charge in [0.2, 0.25) is 0 Å². The molecule has 0 atom stereocenters. The van der Waals surface area contributed by atoms with Gasteiger partial charge in [-0.2, -0.15) is 0 Å². The summed E-state index contributed by atoms with van der Waals surface area (Å²) >= 11 is 0. The lowest BCUT2D eigenvalue weighted by molar-refractivity contribution is -0.385. The number of benzene rings is 2. The molecule has 0 aliphatic carbocycles. The number of carbonyl (C=O) groups is 1. The van der Waals surface area contributed by atoms with E-state index >= 15 is 0 Å². The highest BCUT2D eigenvalue weighted by Crippen LogP contribution is 2.25. The van der Waals surface area contributed by atoms with Crippen molar-refractivity contribution in [2.75, 3.05) is 32.8 Å². The van der Waals surface area contributed by atoms with Crippen LogP contribution in [0.15, 0.2) is 54.6 Å². The fourth-order valence-corrected chi connectivity index (χ4v) is 3.18. The number of hydrogen-bond acceptors (Lipinski definition) is 5. The maximum Gasteiger partial charge on any atom is 0.310 e. The molecular formula is C20H23N3O4. The molecule has 0 saturated carbocycles. The summed E-state index contributed by atoms with van der Waals surface area (Å²) in [4.78, 5) is 27.1. The molecular weight excluding hydrogens is 346 g/mol. The van der Waals surface area contributed by atoms with E-state index < -0.39 is 4.92 Å². The van der Waals surface area contributed by atoms with E-state index in [1.165, 1.54) is 17.7 Å². The number of carbonyl (C=O) groups excluding carboxylic acids is 1. The summed E-state index contributed by atoms with van der Waals surface area (Å²) in [6, 6.07) is 16.4. The lowest BCUT2D eigenvalue weighted by atomic mass is 10.2. The maximum atomic E-state index is 12.5. The molecule has 3 rings (SSSR count). The minimum Gasteiger partial charge on any atom is -0.477 e. The standard InChI is InChI=1S/C20H23N3O4/c24-20(16-27-19-10-5-4-9-18(19)23(25)26)22-12-6-11-21(13-14-22)15-17-7-2-1-3-8-17/h1-5,7-10H,6,11-16H2. The molecule has 0 bridgehead atoms. The number of nitrogens with zero attached hydrogens (tertiary/aromatic N) is 3. The molecule has 7 nitrogen and oxygen atoms in total. The third-order valence-corrected chi connectivity index (χ3v) is 4.60. The summed E-state index contributed by atoms with van der Waals surface area (Å²) in [6.07, 6.45) is 0.893. The second-order valence-corrected chi connectivity index (χ2v) is 6.51. The molecule has 2 aromatic carbocycles. The monoisotopic (exact) mass is 369 g/mol. The number of ether oxygens (including phenoxy) is 1. The summed E-state index contributed by atoms with van der Waals surface area (Å²) in [5.74, 6) is -0.0221. The number of amides is 1. The normalized spacial score (nSPS) is 15.2. The summed E-state index contributed by atoms with van der Waals surface area (Å²) in [7, 11) is 0. The van der Waals surface area contributed by atoms with Gasteiger partial charge >= 0.3 is 5.69 Å². The lowest BCUT2D eigenvalue weighted by Crippen LogP contribution is -2.38. The Morgan fingerprint density at radius 3 is 2.52 bits per heavy atom. The molecule has 2 aromatic rings. The second kappa shape index (κ2) is 9.14. The molecule has 0 spiro atoms. The minimum absolute atomic E-state index is 0.122. The van der Waals surface area contributed by atoms with E-state index in [-0.39, 0.29) is 24.0 Å². The van der Waals surface area contributed by atoms with Crippen LogP contribution in [0.4, 0.5) is 5.69 Å². The smallest absolute Gasteiger partial charge is 0.310 e. The molecule has 7 heteroatoms. The fourth-order valence-electron chi connectivity index (χ4n) is 3.18. The van der Waals surface area contributed by atoms with Gasteiger partial charge in [0.05, 0.1) is 4.92 Å². The van der Waals surface area contributed by atoms with Crippen LogP contribution in [0, 0.1) is 10.1 Å². The van der Waals surface area contributed by atoms with Crippen LogP contribution in [0.2, 0.25) is 0 Å². The Morgan fingerprint density at radius 2 is 1.74 bits per heavy atom. The van der Waals surface area contributed by atoms with Crippen LogP contribution in [-0.2, 0) is 11.3 Å². The second-order valence-electron chi connectivity index (χ2n) is 6.51. The van der Waals surface area contributed by atoms with Gasteiger partial charge in [-0.3, -0.25) is 19.8 Å². The molecule has 0 radical (unpaired) electrons. The number of rotatable bonds is 6. The van der Waals surface area contributed by atoms with Crippen LogP contribution in [0.3, 0.4) is 0 Å². The first-order chi connectivity index (χ1) is 13.1. The summed E-state index contributed by atoms with van der Waals surface area (Å²) in [5.41, 5.74) is 1.13. The van der Waals surface area contributed by atoms with Crippen molar-refractivity contribution in [1.82, 2.24) is 9.80 Å². The van der Waals surface area contributed by atoms with Gasteiger partial charge in [-0.25, -0.2) is 0 Å². The van der Waals surface area contributed by atoms with Crippen molar-refractivity contribution in [3.05, 3.63) is 70.3 Å². The number of para-hydroxylation sites is 2. The van der Waals surface area contributed by atoms with Crippen molar-refractivity contribution >= 4 is 11.6 Å². The quantitative estimate of drug-likeness (QED) is 0.578. The van der Waals surface area contributed by atoms with Crippen molar-refractivity contribution in [1.29, 1.82) is 0 Å². The van der Waals surface area contributed by atoms with Gasteiger partial charge in [-0.1, -0.05) is 42.5 Å². The van der Waals surface area contributed by atoms with Gasteiger partial charge in [0, 0.05) is 38.8 Å². The Labute approximate surface area is 158 Å². The molecule has 1 aliphatic rings. The zero-order valence-corrected chi connectivity index (χ0v) is 15.1. The predicted octanol–water partition coefficient (Wildman–Crippen LogP) is 2.71. The van der Waals surface area contributed by atoms with Crippen LogP contribution < -0.4 is 4.74 Å². The van der Waals surface area contributed by atoms with E-state index in [0.717, 1.165) is 26.1 Å². The molecule has 0 N–H and O–H groups in total. The first kappa shape index (κ1) is 18.8. The van der Waals surface area contributed by atoms with Crippen molar-refractivity contribution in [2.24, 2.45) is 0 Å². The van der Waals surface area contributed by atoms with E-state index in [2.05, 4.69) is 17.0 Å². The van der Waals surface area contributed by atoms with Crippen LogP contribution in [0.25, 0.3) is 0 Å². The zero-order valence-electron chi connectivity index (χ0n) is 15.1. The van der Waals surface area contributed by atoms with Gasteiger partial charge in [0.15, 0.2) is 12.4 Å². The molecule has 1 heterocycles. The predicted molar refractivity (Wildman–Crippen MR) is 102 cm³/mol. The summed E-state index contributed by atoms with van der Waals surface area (Å²) in [5, 5.41) is 11.0. The van der Waals surface area contributed by atoms with E-state index in [1.807, 2.05) is 18.2 Å². The summed E-state index contributed by atoms with van der Waals surface area (Å²) < 4.78 is 5.43.